The predicted octanol–water partition coefficient (Wildman–Crippen LogP) is 3.63. The summed E-state index contributed by atoms with van der Waals surface area (Å²) in [5.41, 5.74) is 2.68. The largest absolute Gasteiger partial charge is 0.296 e. The van der Waals surface area contributed by atoms with Crippen molar-refractivity contribution in [2.75, 3.05) is 26.2 Å². The highest BCUT2D eigenvalue weighted by atomic mass is 32.2. The molecule has 27 heavy (non-hydrogen) atoms. The van der Waals surface area contributed by atoms with E-state index in [1.807, 2.05) is 0 Å². The lowest BCUT2D eigenvalue weighted by molar-refractivity contribution is 0.181. The fourth-order valence-electron chi connectivity index (χ4n) is 3.25. The van der Waals surface area contributed by atoms with Gasteiger partial charge in [0.05, 0.1) is 4.90 Å². The van der Waals surface area contributed by atoms with Crippen LogP contribution < -0.4 is 0 Å². The molecule has 4 nitrogen and oxygen atoms in total. The van der Waals surface area contributed by atoms with Crippen LogP contribution >= 0.6 is 0 Å². The number of benzene rings is 2. The van der Waals surface area contributed by atoms with Crippen molar-refractivity contribution in [2.24, 2.45) is 0 Å². The number of hydrogen-bond donors (Lipinski definition) is 0. The molecule has 6 heteroatoms. The Morgan fingerprint density at radius 2 is 1.44 bits per heavy atom. The van der Waals surface area contributed by atoms with Gasteiger partial charge in [-0.05, 0) is 40.8 Å². The third kappa shape index (κ3) is 4.75. The summed E-state index contributed by atoms with van der Waals surface area (Å²) in [7, 11) is -3.56. The van der Waals surface area contributed by atoms with E-state index in [2.05, 4.69) is 49.9 Å². The van der Waals surface area contributed by atoms with Crippen molar-refractivity contribution < 1.29 is 12.8 Å². The number of rotatable bonds is 4. The quantitative estimate of drug-likeness (QED) is 0.800. The molecule has 0 radical (unpaired) electrons. The highest BCUT2D eigenvalue weighted by Gasteiger charge is 2.28. The van der Waals surface area contributed by atoms with E-state index in [4.69, 9.17) is 0 Å². The van der Waals surface area contributed by atoms with Crippen LogP contribution in [0.5, 0.6) is 0 Å². The molecule has 1 fully saturated rings. The molecule has 1 saturated heterocycles. The van der Waals surface area contributed by atoms with Crippen LogP contribution in [0.3, 0.4) is 0 Å². The van der Waals surface area contributed by atoms with Gasteiger partial charge in [-0.25, -0.2) is 12.8 Å². The Bertz CT molecular complexity index is 864. The summed E-state index contributed by atoms with van der Waals surface area (Å²) in [6.07, 6.45) is 0. The number of halogens is 1. The van der Waals surface area contributed by atoms with Gasteiger partial charge in [0.15, 0.2) is 0 Å². The van der Waals surface area contributed by atoms with E-state index in [0.717, 1.165) is 6.54 Å². The first-order valence-corrected chi connectivity index (χ1v) is 10.7. The molecule has 0 N–H and O–H groups in total. The minimum Gasteiger partial charge on any atom is -0.296 e. The van der Waals surface area contributed by atoms with Crippen LogP contribution in [0.4, 0.5) is 4.39 Å². The van der Waals surface area contributed by atoms with Gasteiger partial charge in [-0.1, -0.05) is 45.0 Å². The average Bonchev–Trinajstić information content (AvgIpc) is 2.62. The lowest BCUT2D eigenvalue weighted by Gasteiger charge is -2.34. The molecule has 0 aliphatic carbocycles. The van der Waals surface area contributed by atoms with Crippen molar-refractivity contribution in [1.29, 1.82) is 0 Å². The Morgan fingerprint density at radius 1 is 0.889 bits per heavy atom. The minimum absolute atomic E-state index is 0.138. The van der Waals surface area contributed by atoms with Crippen molar-refractivity contribution in [3.63, 3.8) is 0 Å². The predicted molar refractivity (Wildman–Crippen MR) is 106 cm³/mol. The average molecular weight is 391 g/mol. The molecule has 0 spiro atoms. The number of nitrogens with zero attached hydrogens (tertiary/aromatic N) is 2. The summed E-state index contributed by atoms with van der Waals surface area (Å²) in [4.78, 5) is 2.41. The number of hydrogen-bond acceptors (Lipinski definition) is 3. The first-order valence-electron chi connectivity index (χ1n) is 9.24. The van der Waals surface area contributed by atoms with Gasteiger partial charge in [-0.15, -0.1) is 0 Å². The molecule has 3 rings (SSSR count). The van der Waals surface area contributed by atoms with Crippen LogP contribution in [-0.2, 0) is 22.0 Å². The highest BCUT2D eigenvalue weighted by Crippen LogP contribution is 2.23. The maximum atomic E-state index is 13.1. The van der Waals surface area contributed by atoms with E-state index in [1.165, 1.54) is 39.7 Å². The maximum Gasteiger partial charge on any atom is 0.243 e. The van der Waals surface area contributed by atoms with E-state index in [9.17, 15) is 12.8 Å². The molecule has 0 unspecified atom stereocenters. The van der Waals surface area contributed by atoms with E-state index in [0.29, 0.717) is 26.2 Å². The standard InChI is InChI=1S/C21H27FN2O2S/c1-21(2,3)18-6-4-17(5-7-18)16-23-12-14-24(15-13-23)27(25,26)20-10-8-19(22)9-11-20/h4-11H,12-16H2,1-3H3. The molecule has 0 amide bonds. The third-order valence-electron chi connectivity index (χ3n) is 5.01. The lowest BCUT2D eigenvalue weighted by Crippen LogP contribution is -2.48. The van der Waals surface area contributed by atoms with Crippen molar-refractivity contribution in [3.05, 3.63) is 65.5 Å². The smallest absolute Gasteiger partial charge is 0.243 e. The molecular formula is C21H27FN2O2S. The van der Waals surface area contributed by atoms with Gasteiger partial charge < -0.3 is 0 Å². The topological polar surface area (TPSA) is 40.6 Å². The Kier molecular flexibility index (Phi) is 5.70. The summed E-state index contributed by atoms with van der Waals surface area (Å²) >= 11 is 0. The number of sulfonamides is 1. The molecule has 0 aromatic heterocycles. The first-order chi connectivity index (χ1) is 12.7. The maximum absolute atomic E-state index is 13.1. The second kappa shape index (κ2) is 7.70. The van der Waals surface area contributed by atoms with Gasteiger partial charge >= 0.3 is 0 Å². The zero-order chi connectivity index (χ0) is 19.7. The van der Waals surface area contributed by atoms with Gasteiger partial charge in [0.2, 0.25) is 10.0 Å². The van der Waals surface area contributed by atoms with Gasteiger partial charge in [0, 0.05) is 32.7 Å². The lowest BCUT2D eigenvalue weighted by atomic mass is 9.87. The Balaban J connectivity index is 1.59. The van der Waals surface area contributed by atoms with Crippen LogP contribution in [0.15, 0.2) is 53.4 Å². The third-order valence-corrected chi connectivity index (χ3v) is 6.92. The van der Waals surface area contributed by atoms with E-state index >= 15 is 0 Å². The number of piperazine rings is 1. The summed E-state index contributed by atoms with van der Waals surface area (Å²) in [6, 6.07) is 13.7. The van der Waals surface area contributed by atoms with Crippen LogP contribution in [0.1, 0.15) is 31.9 Å². The molecule has 0 saturated carbocycles. The van der Waals surface area contributed by atoms with Gasteiger partial charge in [-0.3, -0.25) is 4.90 Å². The molecule has 2 aromatic rings. The van der Waals surface area contributed by atoms with E-state index in [-0.39, 0.29) is 10.3 Å². The molecule has 0 atom stereocenters. The summed E-state index contributed by atoms with van der Waals surface area (Å²) in [5.74, 6) is -0.434. The molecule has 146 valence electrons. The summed E-state index contributed by atoms with van der Waals surface area (Å²) in [5, 5.41) is 0. The molecule has 1 aliphatic heterocycles. The van der Waals surface area contributed by atoms with Gasteiger partial charge in [-0.2, -0.15) is 4.31 Å². The summed E-state index contributed by atoms with van der Waals surface area (Å²) < 4.78 is 39.9. The van der Waals surface area contributed by atoms with Crippen molar-refractivity contribution >= 4 is 10.0 Å². The molecule has 1 aliphatic rings. The van der Waals surface area contributed by atoms with Crippen molar-refractivity contribution in [3.8, 4) is 0 Å². The van der Waals surface area contributed by atoms with Gasteiger partial charge in [0.25, 0.3) is 0 Å². The highest BCUT2D eigenvalue weighted by molar-refractivity contribution is 7.89. The zero-order valence-electron chi connectivity index (χ0n) is 16.2. The molecule has 2 aromatic carbocycles. The minimum atomic E-state index is -3.56. The van der Waals surface area contributed by atoms with Crippen LogP contribution in [-0.4, -0.2) is 43.8 Å². The Labute approximate surface area is 161 Å². The second-order valence-corrected chi connectivity index (χ2v) is 10.0. The zero-order valence-corrected chi connectivity index (χ0v) is 17.0. The van der Waals surface area contributed by atoms with Crippen molar-refractivity contribution in [1.82, 2.24) is 9.21 Å². The van der Waals surface area contributed by atoms with Crippen LogP contribution in [0.25, 0.3) is 0 Å². The Morgan fingerprint density at radius 3 is 1.96 bits per heavy atom. The molecular weight excluding hydrogens is 363 g/mol. The fraction of sp³-hybridized carbons (Fsp3) is 0.429. The molecule has 1 heterocycles. The fourth-order valence-corrected chi connectivity index (χ4v) is 4.67. The normalized spacial score (nSPS) is 17.2. The first kappa shape index (κ1) is 20.0. The summed E-state index contributed by atoms with van der Waals surface area (Å²) in [6.45, 7) is 9.66. The van der Waals surface area contributed by atoms with Gasteiger partial charge in [0.1, 0.15) is 5.82 Å². The van der Waals surface area contributed by atoms with E-state index in [1.54, 1.807) is 0 Å². The second-order valence-electron chi connectivity index (χ2n) is 8.08. The Hall–Kier alpha value is -1.76. The van der Waals surface area contributed by atoms with Crippen molar-refractivity contribution in [2.45, 2.75) is 37.6 Å². The van der Waals surface area contributed by atoms with Crippen LogP contribution in [0.2, 0.25) is 0 Å². The monoisotopic (exact) mass is 390 g/mol. The SMILES string of the molecule is CC(C)(C)c1ccc(CN2CCN(S(=O)(=O)c3ccc(F)cc3)CC2)cc1. The van der Waals surface area contributed by atoms with Crippen LogP contribution in [0, 0.1) is 5.82 Å². The van der Waals surface area contributed by atoms with E-state index < -0.39 is 15.8 Å². The molecule has 0 bridgehead atoms.